The second-order valence-corrected chi connectivity index (χ2v) is 7.91. The number of rotatable bonds is 2. The number of para-hydroxylation sites is 1. The van der Waals surface area contributed by atoms with Gasteiger partial charge in [-0.25, -0.2) is 0 Å². The molecule has 0 radical (unpaired) electrons. The highest BCUT2D eigenvalue weighted by Gasteiger charge is 2.67. The Morgan fingerprint density at radius 3 is 2.22 bits per heavy atom. The van der Waals surface area contributed by atoms with Gasteiger partial charge < -0.3 is 0 Å². The normalized spacial score (nSPS) is 38.5. The molecule has 5 rings (SSSR count). The zero-order valence-corrected chi connectivity index (χ0v) is 14.0. The molecule has 1 heterocycles. The van der Waals surface area contributed by atoms with Crippen LogP contribution in [0.25, 0.3) is 0 Å². The second-order valence-electron chi connectivity index (χ2n) is 7.91. The number of anilines is 1. The van der Waals surface area contributed by atoms with E-state index in [1.54, 1.807) is 0 Å². The minimum Gasteiger partial charge on any atom is -0.274 e. The maximum absolute atomic E-state index is 13.3. The molecular formula is C20H23NO2. The van der Waals surface area contributed by atoms with Crippen LogP contribution < -0.4 is 4.90 Å². The van der Waals surface area contributed by atoms with Gasteiger partial charge in [0.15, 0.2) is 0 Å². The molecule has 0 N–H and O–H groups in total. The number of allylic oxidation sites excluding steroid dienone is 2. The van der Waals surface area contributed by atoms with Crippen LogP contribution in [-0.2, 0) is 9.59 Å². The van der Waals surface area contributed by atoms with Crippen molar-refractivity contribution in [1.82, 2.24) is 0 Å². The van der Waals surface area contributed by atoms with Crippen LogP contribution in [0.4, 0.5) is 5.69 Å². The van der Waals surface area contributed by atoms with Crippen molar-refractivity contribution in [3.8, 4) is 0 Å². The summed E-state index contributed by atoms with van der Waals surface area (Å²) in [4.78, 5) is 27.9. The maximum Gasteiger partial charge on any atom is 0.238 e. The van der Waals surface area contributed by atoms with Crippen molar-refractivity contribution in [3.63, 3.8) is 0 Å². The zero-order valence-electron chi connectivity index (χ0n) is 14.0. The molecule has 2 bridgehead atoms. The fourth-order valence-corrected chi connectivity index (χ4v) is 5.06. The Labute approximate surface area is 137 Å². The number of imide groups is 1. The topological polar surface area (TPSA) is 37.4 Å². The average Bonchev–Trinajstić information content (AvgIpc) is 2.83. The molecule has 0 unspecified atom stereocenters. The number of benzene rings is 1. The van der Waals surface area contributed by atoms with E-state index in [-0.39, 0.29) is 34.5 Å². The van der Waals surface area contributed by atoms with E-state index >= 15 is 0 Å². The van der Waals surface area contributed by atoms with Crippen LogP contribution in [0.3, 0.4) is 0 Å². The fourth-order valence-electron chi connectivity index (χ4n) is 5.06. The highest BCUT2D eigenvalue weighted by molar-refractivity contribution is 6.23. The fraction of sp³-hybridized carbons (Fsp3) is 0.500. The molecule has 1 saturated heterocycles. The summed E-state index contributed by atoms with van der Waals surface area (Å²) < 4.78 is 0. The molecule has 3 nitrogen and oxygen atoms in total. The number of hydrogen-bond donors (Lipinski definition) is 0. The molecule has 1 aromatic rings. The molecule has 4 aliphatic rings. The molecule has 3 heteroatoms. The van der Waals surface area contributed by atoms with Gasteiger partial charge in [0.05, 0.1) is 17.5 Å². The number of nitrogens with zero attached hydrogens (tertiary/aromatic N) is 1. The van der Waals surface area contributed by atoms with E-state index in [2.05, 4.69) is 32.9 Å². The van der Waals surface area contributed by atoms with Crippen molar-refractivity contribution in [2.24, 2.45) is 28.6 Å². The summed E-state index contributed by atoms with van der Waals surface area (Å²) in [7, 11) is 0. The van der Waals surface area contributed by atoms with Gasteiger partial charge in [0, 0.05) is 5.41 Å². The summed E-state index contributed by atoms with van der Waals surface area (Å²) in [6, 6.07) is 9.37. The van der Waals surface area contributed by atoms with Gasteiger partial charge in [0.2, 0.25) is 11.8 Å². The van der Waals surface area contributed by atoms with E-state index in [1.165, 1.54) is 4.90 Å². The Kier molecular flexibility index (Phi) is 2.91. The first kappa shape index (κ1) is 14.7. The summed E-state index contributed by atoms with van der Waals surface area (Å²) in [5.74, 6) is -0.0863. The number of carbonyl (C=O) groups excluding carboxylic acids is 2. The predicted octanol–water partition coefficient (Wildman–Crippen LogP) is 3.80. The van der Waals surface area contributed by atoms with E-state index < -0.39 is 0 Å². The lowest BCUT2D eigenvalue weighted by atomic mass is 9.46. The zero-order chi connectivity index (χ0) is 16.4. The molecular weight excluding hydrogens is 286 g/mol. The van der Waals surface area contributed by atoms with Crippen LogP contribution in [0.1, 0.15) is 33.6 Å². The van der Waals surface area contributed by atoms with Gasteiger partial charge in [0.1, 0.15) is 0 Å². The second kappa shape index (κ2) is 4.56. The number of fused-ring (bicyclic) bond motifs is 1. The first-order valence-electron chi connectivity index (χ1n) is 8.54. The summed E-state index contributed by atoms with van der Waals surface area (Å²) in [5, 5.41) is 0. The van der Waals surface area contributed by atoms with Crippen molar-refractivity contribution >= 4 is 17.5 Å². The lowest BCUT2D eigenvalue weighted by Gasteiger charge is -2.55. The molecule has 1 saturated carbocycles. The average molecular weight is 309 g/mol. The predicted molar refractivity (Wildman–Crippen MR) is 89.7 cm³/mol. The van der Waals surface area contributed by atoms with Crippen molar-refractivity contribution in [2.45, 2.75) is 33.6 Å². The molecule has 3 aliphatic carbocycles. The van der Waals surface area contributed by atoms with Gasteiger partial charge in [-0.1, -0.05) is 51.1 Å². The SMILES string of the molecule is CC(C)[C@]12C=C[C@@](C)(CC1)[C@@H]1C(=O)N(c3ccccc3)C(=O)[C@@H]12. The highest BCUT2D eigenvalue weighted by atomic mass is 16.2. The van der Waals surface area contributed by atoms with E-state index in [0.29, 0.717) is 11.6 Å². The molecule has 2 amide bonds. The van der Waals surface area contributed by atoms with Gasteiger partial charge in [-0.05, 0) is 36.3 Å². The molecule has 120 valence electrons. The number of amides is 2. The van der Waals surface area contributed by atoms with Gasteiger partial charge in [-0.3, -0.25) is 14.5 Å². The molecule has 0 aromatic heterocycles. The Balaban J connectivity index is 1.86. The minimum atomic E-state index is -0.212. The third kappa shape index (κ3) is 1.71. The molecule has 0 spiro atoms. The lowest BCUT2D eigenvalue weighted by molar-refractivity contribution is -0.135. The number of hydrogen-bond acceptors (Lipinski definition) is 2. The smallest absolute Gasteiger partial charge is 0.238 e. The standard InChI is InChI=1S/C20H23NO2/c1-13(2)20-11-9-19(3,10-12-20)15-16(20)18(23)21(17(15)22)14-7-5-4-6-8-14/h4-9,11,13,15-16H,10,12H2,1-3H3/t15-,16+,19-,20-/m0/s1. The van der Waals surface area contributed by atoms with Crippen molar-refractivity contribution in [2.75, 3.05) is 4.90 Å². The molecule has 23 heavy (non-hydrogen) atoms. The van der Waals surface area contributed by atoms with Gasteiger partial charge in [-0.2, -0.15) is 0 Å². The number of carbonyl (C=O) groups is 2. The van der Waals surface area contributed by atoms with Crippen LogP contribution in [0.15, 0.2) is 42.5 Å². The lowest BCUT2D eigenvalue weighted by Crippen LogP contribution is -2.53. The summed E-state index contributed by atoms with van der Waals surface area (Å²) in [6.45, 7) is 6.50. The third-order valence-electron chi connectivity index (χ3n) is 6.56. The van der Waals surface area contributed by atoms with E-state index in [9.17, 15) is 9.59 Å². The first-order chi connectivity index (χ1) is 10.9. The summed E-state index contributed by atoms with van der Waals surface area (Å²) in [5.41, 5.74) is 0.356. The van der Waals surface area contributed by atoms with Gasteiger partial charge in [-0.15, -0.1) is 0 Å². The first-order valence-corrected chi connectivity index (χ1v) is 8.54. The summed E-state index contributed by atoms with van der Waals surface area (Å²) in [6.07, 6.45) is 6.46. The molecule has 2 fully saturated rings. The Bertz CT molecular complexity index is 708. The van der Waals surface area contributed by atoms with Gasteiger partial charge >= 0.3 is 0 Å². The van der Waals surface area contributed by atoms with E-state index in [1.807, 2.05) is 30.3 Å². The Morgan fingerprint density at radius 1 is 1.00 bits per heavy atom. The van der Waals surface area contributed by atoms with E-state index in [0.717, 1.165) is 12.8 Å². The molecule has 1 aliphatic heterocycles. The Morgan fingerprint density at radius 2 is 1.65 bits per heavy atom. The van der Waals surface area contributed by atoms with Crippen LogP contribution in [0.2, 0.25) is 0 Å². The minimum absolute atomic E-state index is 0.00447. The van der Waals surface area contributed by atoms with Crippen molar-refractivity contribution in [3.05, 3.63) is 42.5 Å². The van der Waals surface area contributed by atoms with Crippen molar-refractivity contribution < 1.29 is 9.59 Å². The summed E-state index contributed by atoms with van der Waals surface area (Å²) >= 11 is 0. The van der Waals surface area contributed by atoms with E-state index in [4.69, 9.17) is 0 Å². The monoisotopic (exact) mass is 309 g/mol. The highest BCUT2D eigenvalue weighted by Crippen LogP contribution is 2.64. The molecule has 4 atom stereocenters. The third-order valence-corrected chi connectivity index (χ3v) is 6.56. The largest absolute Gasteiger partial charge is 0.274 e. The Hall–Kier alpha value is -1.90. The van der Waals surface area contributed by atoms with Crippen LogP contribution in [-0.4, -0.2) is 11.8 Å². The molecule has 1 aromatic carbocycles. The quantitative estimate of drug-likeness (QED) is 0.615. The van der Waals surface area contributed by atoms with Crippen molar-refractivity contribution in [1.29, 1.82) is 0 Å². The van der Waals surface area contributed by atoms with Crippen LogP contribution in [0.5, 0.6) is 0 Å². The van der Waals surface area contributed by atoms with Crippen LogP contribution in [0, 0.1) is 28.6 Å². The van der Waals surface area contributed by atoms with Crippen LogP contribution >= 0.6 is 0 Å². The maximum atomic E-state index is 13.3. The van der Waals surface area contributed by atoms with Gasteiger partial charge in [0.25, 0.3) is 0 Å².